The van der Waals surface area contributed by atoms with Crippen molar-refractivity contribution in [2.45, 2.75) is 193 Å². The Kier molecular flexibility index (Phi) is 43.0. The Morgan fingerprint density at radius 2 is 1.00 bits per heavy atom. The summed E-state index contributed by atoms with van der Waals surface area (Å²) < 4.78 is 22.1. The summed E-state index contributed by atoms with van der Waals surface area (Å²) >= 11 is 0. The summed E-state index contributed by atoms with van der Waals surface area (Å²) in [6, 6.07) is -0.924. The molecule has 0 aromatic heterocycles. The largest absolute Gasteiger partial charge is 0.472 e. The van der Waals surface area contributed by atoms with Gasteiger partial charge < -0.3 is 21.1 Å². The number of carbonyl (C=O) groups is 1. The first-order chi connectivity index (χ1) is 28.9. The molecule has 0 aliphatic carbocycles. The highest BCUT2D eigenvalue weighted by atomic mass is 31.2. The van der Waals surface area contributed by atoms with Crippen molar-refractivity contribution in [1.29, 1.82) is 0 Å². The summed E-state index contributed by atoms with van der Waals surface area (Å²) in [6.45, 7) is 3.93. The highest BCUT2D eigenvalue weighted by Gasteiger charge is 2.26. The van der Waals surface area contributed by atoms with Crippen molar-refractivity contribution < 1.29 is 28.4 Å². The summed E-state index contributed by atoms with van der Waals surface area (Å²) in [5.74, 6) is -0.289. The summed E-state index contributed by atoms with van der Waals surface area (Å²) in [5.41, 5.74) is 5.37. The van der Waals surface area contributed by atoms with Crippen LogP contribution in [-0.4, -0.2) is 47.8 Å². The predicted octanol–water partition coefficient (Wildman–Crippen LogP) is 13.6. The fraction of sp³-hybridized carbons (Fsp3) is 0.660. The average Bonchev–Trinajstić information content (AvgIpc) is 3.22. The number of hydrogen-bond acceptors (Lipinski definition) is 6. The third kappa shape index (κ3) is 43.3. The Hall–Kier alpha value is -2.58. The van der Waals surface area contributed by atoms with Crippen LogP contribution in [0.2, 0.25) is 0 Å². The minimum absolute atomic E-state index is 0.0575. The highest BCUT2D eigenvalue weighted by molar-refractivity contribution is 7.47. The zero-order valence-corrected chi connectivity index (χ0v) is 38.3. The Morgan fingerprint density at radius 1 is 0.576 bits per heavy atom. The Labute approximate surface area is 362 Å². The van der Waals surface area contributed by atoms with Gasteiger partial charge in [0.15, 0.2) is 0 Å². The van der Waals surface area contributed by atoms with Crippen molar-refractivity contribution in [2.75, 3.05) is 19.8 Å². The zero-order chi connectivity index (χ0) is 43.2. The molecule has 5 N–H and O–H groups in total. The van der Waals surface area contributed by atoms with E-state index >= 15 is 0 Å². The molecule has 3 unspecified atom stereocenters. The van der Waals surface area contributed by atoms with E-state index in [-0.39, 0.29) is 25.5 Å². The molecule has 0 aromatic rings. The number of phosphoric acid groups is 1. The standard InChI is InChI=1S/C50H87N2O6P/c1-3-5-7-9-11-13-15-17-19-21-23-24-26-27-29-31-33-35-37-39-41-43-49(53)48(47-58-59(55,56)57-46-45-51)52-50(54)44-42-40-38-36-34-32-30-28-25-22-20-18-16-14-12-10-8-6-4-2/h6,8,12,14,18,20,25,28,32-35,38,40-41,43,48-49,53H,3-5,7,9-11,13,15-17,19,21-24,26-27,29-31,36-37,39,42,44-47,51H2,1-2H3,(H,52,54)(H,55,56)/b8-6-,14-12-,20-18-,28-25-,34-32-,35-33+,40-38-,43-41+. The number of phosphoric ester groups is 1. The fourth-order valence-electron chi connectivity index (χ4n) is 6.17. The topological polar surface area (TPSA) is 131 Å². The van der Waals surface area contributed by atoms with E-state index in [1.54, 1.807) is 6.08 Å². The van der Waals surface area contributed by atoms with Crippen LogP contribution in [0.3, 0.4) is 0 Å². The van der Waals surface area contributed by atoms with Gasteiger partial charge in [0.2, 0.25) is 5.91 Å². The van der Waals surface area contributed by atoms with Crippen molar-refractivity contribution in [1.82, 2.24) is 5.32 Å². The smallest absolute Gasteiger partial charge is 0.387 e. The second-order valence-electron chi connectivity index (χ2n) is 15.2. The molecule has 1 amide bonds. The third-order valence-corrected chi connectivity index (χ3v) is 10.6. The molecule has 0 saturated carbocycles. The molecule has 0 aliphatic rings. The number of unbranched alkanes of at least 4 members (excludes halogenated alkanes) is 16. The molecular weight excluding hydrogens is 756 g/mol. The molecule has 0 heterocycles. The summed E-state index contributed by atoms with van der Waals surface area (Å²) in [7, 11) is -4.38. The molecule has 0 aliphatic heterocycles. The number of rotatable bonds is 42. The van der Waals surface area contributed by atoms with Gasteiger partial charge in [0.25, 0.3) is 0 Å². The van der Waals surface area contributed by atoms with Gasteiger partial charge in [-0.05, 0) is 70.6 Å². The summed E-state index contributed by atoms with van der Waals surface area (Å²) in [4.78, 5) is 22.7. The van der Waals surface area contributed by atoms with Gasteiger partial charge in [0, 0.05) is 13.0 Å². The van der Waals surface area contributed by atoms with Gasteiger partial charge in [0.05, 0.1) is 25.4 Å². The Balaban J connectivity index is 4.36. The fourth-order valence-corrected chi connectivity index (χ4v) is 6.93. The first-order valence-corrected chi connectivity index (χ1v) is 24.9. The van der Waals surface area contributed by atoms with Crippen LogP contribution in [0, 0.1) is 0 Å². The Morgan fingerprint density at radius 3 is 1.49 bits per heavy atom. The lowest BCUT2D eigenvalue weighted by atomic mass is 10.0. The minimum Gasteiger partial charge on any atom is -0.387 e. The van der Waals surface area contributed by atoms with Crippen molar-refractivity contribution in [3.63, 3.8) is 0 Å². The number of hydrogen-bond donors (Lipinski definition) is 4. The molecule has 3 atom stereocenters. The third-order valence-electron chi connectivity index (χ3n) is 9.66. The van der Waals surface area contributed by atoms with E-state index in [1.807, 2.05) is 18.2 Å². The monoisotopic (exact) mass is 843 g/mol. The number of aliphatic hydroxyl groups excluding tert-OH is 1. The predicted molar refractivity (Wildman–Crippen MR) is 253 cm³/mol. The van der Waals surface area contributed by atoms with Crippen LogP contribution in [-0.2, 0) is 18.4 Å². The van der Waals surface area contributed by atoms with E-state index in [0.29, 0.717) is 6.42 Å². The first-order valence-electron chi connectivity index (χ1n) is 23.4. The molecule has 0 spiro atoms. The van der Waals surface area contributed by atoms with E-state index in [2.05, 4.69) is 92.1 Å². The molecular formula is C50H87N2O6P. The van der Waals surface area contributed by atoms with Gasteiger partial charge in [-0.15, -0.1) is 0 Å². The maximum atomic E-state index is 12.7. The molecule has 0 fully saturated rings. The maximum absolute atomic E-state index is 12.7. The number of allylic oxidation sites excluding steroid dienone is 15. The second kappa shape index (κ2) is 45.0. The van der Waals surface area contributed by atoms with Gasteiger partial charge in [-0.3, -0.25) is 13.8 Å². The van der Waals surface area contributed by atoms with Gasteiger partial charge in [0.1, 0.15) is 0 Å². The van der Waals surface area contributed by atoms with Crippen LogP contribution in [0.15, 0.2) is 97.2 Å². The van der Waals surface area contributed by atoms with E-state index < -0.39 is 26.6 Å². The zero-order valence-electron chi connectivity index (χ0n) is 37.5. The summed E-state index contributed by atoms with van der Waals surface area (Å²) in [6.07, 6.45) is 62.0. The molecule has 8 nitrogen and oxygen atoms in total. The number of nitrogens with two attached hydrogens (primary N) is 1. The van der Waals surface area contributed by atoms with Crippen LogP contribution >= 0.6 is 7.82 Å². The molecule has 0 bridgehead atoms. The van der Waals surface area contributed by atoms with Crippen LogP contribution in [0.1, 0.15) is 181 Å². The lowest BCUT2D eigenvalue weighted by Crippen LogP contribution is -2.45. The lowest BCUT2D eigenvalue weighted by Gasteiger charge is -2.23. The van der Waals surface area contributed by atoms with Crippen LogP contribution in [0.4, 0.5) is 0 Å². The van der Waals surface area contributed by atoms with Gasteiger partial charge in [-0.2, -0.15) is 0 Å². The average molecular weight is 843 g/mol. The van der Waals surface area contributed by atoms with Crippen LogP contribution < -0.4 is 11.1 Å². The van der Waals surface area contributed by atoms with Crippen molar-refractivity contribution in [2.24, 2.45) is 5.73 Å². The maximum Gasteiger partial charge on any atom is 0.472 e. The molecule has 59 heavy (non-hydrogen) atoms. The van der Waals surface area contributed by atoms with E-state index in [9.17, 15) is 19.4 Å². The molecule has 0 saturated heterocycles. The van der Waals surface area contributed by atoms with E-state index in [0.717, 1.165) is 57.8 Å². The van der Waals surface area contributed by atoms with Gasteiger partial charge in [-0.25, -0.2) is 4.57 Å². The SMILES string of the molecule is CC/C=C\C/C=C\C/C=C\C/C=C\C/C=C\C/C=C\CCC(=O)NC(COP(=O)(O)OCCN)C(O)/C=C/CC/C=C/CCCCCCCCCCCCCCCCC. The normalized spacial score (nSPS) is 14.9. The van der Waals surface area contributed by atoms with Crippen molar-refractivity contribution in [3.8, 4) is 0 Å². The number of aliphatic hydroxyl groups is 1. The number of amides is 1. The lowest BCUT2D eigenvalue weighted by molar-refractivity contribution is -0.122. The quantitative estimate of drug-likeness (QED) is 0.0273. The van der Waals surface area contributed by atoms with E-state index in [1.165, 1.54) is 96.3 Å². The molecule has 338 valence electrons. The Bertz CT molecular complexity index is 1240. The minimum atomic E-state index is -4.38. The molecule has 9 heteroatoms. The molecule has 0 aromatic carbocycles. The van der Waals surface area contributed by atoms with Crippen molar-refractivity contribution in [3.05, 3.63) is 97.2 Å². The molecule has 0 rings (SSSR count). The highest BCUT2D eigenvalue weighted by Crippen LogP contribution is 2.43. The van der Waals surface area contributed by atoms with Crippen molar-refractivity contribution >= 4 is 13.7 Å². The second-order valence-corrected chi connectivity index (χ2v) is 16.7. The van der Waals surface area contributed by atoms with Crippen LogP contribution in [0.5, 0.6) is 0 Å². The first kappa shape index (κ1) is 56.4. The van der Waals surface area contributed by atoms with Crippen LogP contribution in [0.25, 0.3) is 0 Å². The number of carbonyl (C=O) groups excluding carboxylic acids is 1. The van der Waals surface area contributed by atoms with E-state index in [4.69, 9.17) is 14.8 Å². The number of nitrogens with one attached hydrogen (secondary N) is 1. The molecule has 0 radical (unpaired) electrons. The summed E-state index contributed by atoms with van der Waals surface area (Å²) in [5, 5.41) is 13.6. The van der Waals surface area contributed by atoms with Gasteiger partial charge >= 0.3 is 7.82 Å². The van der Waals surface area contributed by atoms with Gasteiger partial charge in [-0.1, -0.05) is 201 Å².